The molecule has 128 valence electrons. The molecule has 0 aliphatic heterocycles. The molecule has 0 radical (unpaired) electrons. The van der Waals surface area contributed by atoms with Gasteiger partial charge in [0.15, 0.2) is 6.61 Å². The Hall–Kier alpha value is -2.77. The lowest BCUT2D eigenvalue weighted by Crippen LogP contribution is -2.19. The van der Waals surface area contributed by atoms with Gasteiger partial charge in [0, 0.05) is 11.8 Å². The molecule has 1 aromatic heterocycles. The van der Waals surface area contributed by atoms with E-state index < -0.39 is 12.8 Å². The standard InChI is InChI=1S/C16H15F3N2O3/c1-10-6-12(8-20-15(10)23)21-14(22)7-11-2-4-13(5-3-11)24-9-16(17,18)19/h2-6,8H,7,9H2,1H3,(H,20,23)(H,21,22). The number of aromatic amines is 1. The molecule has 1 amide bonds. The Bertz CT molecular complexity index is 767. The number of hydrogen-bond acceptors (Lipinski definition) is 3. The van der Waals surface area contributed by atoms with E-state index in [0.717, 1.165) is 0 Å². The molecule has 0 spiro atoms. The van der Waals surface area contributed by atoms with Crippen LogP contribution in [0.3, 0.4) is 0 Å². The number of nitrogens with one attached hydrogen (secondary N) is 2. The number of ether oxygens (including phenoxy) is 1. The van der Waals surface area contributed by atoms with Crippen molar-refractivity contribution in [3.05, 3.63) is 58.0 Å². The number of pyridine rings is 1. The van der Waals surface area contributed by atoms with Crippen molar-refractivity contribution in [2.45, 2.75) is 19.5 Å². The third kappa shape index (κ3) is 5.45. The highest BCUT2D eigenvalue weighted by atomic mass is 19.4. The van der Waals surface area contributed by atoms with Crippen LogP contribution in [0, 0.1) is 6.92 Å². The van der Waals surface area contributed by atoms with E-state index in [9.17, 15) is 22.8 Å². The van der Waals surface area contributed by atoms with Gasteiger partial charge in [0.1, 0.15) is 5.75 Å². The average molecular weight is 340 g/mol. The molecule has 0 unspecified atom stereocenters. The lowest BCUT2D eigenvalue weighted by atomic mass is 10.1. The third-order valence-electron chi connectivity index (χ3n) is 3.06. The number of hydrogen-bond donors (Lipinski definition) is 2. The van der Waals surface area contributed by atoms with Crippen LogP contribution in [-0.2, 0) is 11.2 Å². The average Bonchev–Trinajstić information content (AvgIpc) is 2.49. The number of rotatable bonds is 5. The molecular formula is C16H15F3N2O3. The summed E-state index contributed by atoms with van der Waals surface area (Å²) in [6.45, 7) is 0.257. The first kappa shape index (κ1) is 17.6. The Kier molecular flexibility index (Phi) is 5.28. The van der Waals surface area contributed by atoms with Gasteiger partial charge in [0.05, 0.1) is 12.1 Å². The number of aromatic nitrogens is 1. The van der Waals surface area contributed by atoms with Gasteiger partial charge in [-0.3, -0.25) is 9.59 Å². The second-order valence-electron chi connectivity index (χ2n) is 5.17. The van der Waals surface area contributed by atoms with E-state index in [2.05, 4.69) is 15.0 Å². The first-order valence-corrected chi connectivity index (χ1v) is 7.00. The van der Waals surface area contributed by atoms with Gasteiger partial charge in [-0.2, -0.15) is 13.2 Å². The van der Waals surface area contributed by atoms with Crippen LogP contribution < -0.4 is 15.6 Å². The van der Waals surface area contributed by atoms with Crippen LogP contribution in [-0.4, -0.2) is 23.7 Å². The van der Waals surface area contributed by atoms with Crippen LogP contribution in [0.25, 0.3) is 0 Å². The van der Waals surface area contributed by atoms with E-state index in [4.69, 9.17) is 0 Å². The largest absolute Gasteiger partial charge is 0.484 e. The summed E-state index contributed by atoms with van der Waals surface area (Å²) in [5, 5.41) is 2.63. The highest BCUT2D eigenvalue weighted by molar-refractivity contribution is 5.92. The Morgan fingerprint density at radius 3 is 2.50 bits per heavy atom. The summed E-state index contributed by atoms with van der Waals surface area (Å²) in [5.41, 5.74) is 1.32. The molecule has 2 N–H and O–H groups in total. The van der Waals surface area contributed by atoms with Crippen LogP contribution in [0.5, 0.6) is 5.75 Å². The van der Waals surface area contributed by atoms with E-state index in [1.165, 1.54) is 30.5 Å². The van der Waals surface area contributed by atoms with E-state index in [1.807, 2.05) is 0 Å². The first-order valence-electron chi connectivity index (χ1n) is 7.00. The van der Waals surface area contributed by atoms with Gasteiger partial charge < -0.3 is 15.0 Å². The first-order chi connectivity index (χ1) is 11.2. The summed E-state index contributed by atoms with van der Waals surface area (Å²) in [4.78, 5) is 25.7. The number of aryl methyl sites for hydroxylation is 1. The third-order valence-corrected chi connectivity index (χ3v) is 3.06. The van der Waals surface area contributed by atoms with E-state index in [1.54, 1.807) is 13.0 Å². The molecule has 2 rings (SSSR count). The van der Waals surface area contributed by atoms with Crippen LogP contribution >= 0.6 is 0 Å². The molecule has 5 nitrogen and oxygen atoms in total. The lowest BCUT2D eigenvalue weighted by molar-refractivity contribution is -0.153. The highest BCUT2D eigenvalue weighted by Crippen LogP contribution is 2.19. The molecule has 1 heterocycles. The number of alkyl halides is 3. The second-order valence-corrected chi connectivity index (χ2v) is 5.17. The lowest BCUT2D eigenvalue weighted by Gasteiger charge is -2.10. The normalized spacial score (nSPS) is 11.2. The van der Waals surface area contributed by atoms with Crippen molar-refractivity contribution < 1.29 is 22.7 Å². The van der Waals surface area contributed by atoms with Crippen LogP contribution in [0.2, 0.25) is 0 Å². The number of carbonyl (C=O) groups excluding carboxylic acids is 1. The number of H-pyrrole nitrogens is 1. The maximum Gasteiger partial charge on any atom is 0.422 e. The Balaban J connectivity index is 1.91. The number of benzene rings is 1. The summed E-state index contributed by atoms with van der Waals surface area (Å²) in [5.74, 6) is -0.238. The zero-order valence-corrected chi connectivity index (χ0v) is 12.7. The van der Waals surface area contributed by atoms with Crippen LogP contribution in [0.1, 0.15) is 11.1 Å². The summed E-state index contributed by atoms with van der Waals surface area (Å²) in [7, 11) is 0. The van der Waals surface area contributed by atoms with Crippen molar-refractivity contribution >= 4 is 11.6 Å². The minimum Gasteiger partial charge on any atom is -0.484 e. The number of amides is 1. The maximum absolute atomic E-state index is 12.1. The summed E-state index contributed by atoms with van der Waals surface area (Å²) in [6.07, 6.45) is -2.97. The van der Waals surface area contributed by atoms with Gasteiger partial charge >= 0.3 is 6.18 Å². The van der Waals surface area contributed by atoms with E-state index in [-0.39, 0.29) is 23.6 Å². The molecule has 0 saturated heterocycles. The maximum atomic E-state index is 12.1. The predicted octanol–water partition coefficient (Wildman–Crippen LogP) is 2.81. The Morgan fingerprint density at radius 2 is 1.92 bits per heavy atom. The highest BCUT2D eigenvalue weighted by Gasteiger charge is 2.28. The fraction of sp³-hybridized carbons (Fsp3) is 0.250. The fourth-order valence-electron chi connectivity index (χ4n) is 1.93. The second kappa shape index (κ2) is 7.20. The van der Waals surface area contributed by atoms with Crippen molar-refractivity contribution in [1.29, 1.82) is 0 Å². The van der Waals surface area contributed by atoms with Gasteiger partial charge in [-0.05, 0) is 30.7 Å². The predicted molar refractivity (Wildman–Crippen MR) is 82.1 cm³/mol. The van der Waals surface area contributed by atoms with Gasteiger partial charge in [-0.25, -0.2) is 0 Å². The van der Waals surface area contributed by atoms with Gasteiger partial charge in [-0.15, -0.1) is 0 Å². The summed E-state index contributed by atoms with van der Waals surface area (Å²) >= 11 is 0. The van der Waals surface area contributed by atoms with E-state index >= 15 is 0 Å². The number of anilines is 1. The molecule has 2 aromatic rings. The molecule has 24 heavy (non-hydrogen) atoms. The SMILES string of the molecule is Cc1cc(NC(=O)Cc2ccc(OCC(F)(F)F)cc2)c[nH]c1=O. The monoisotopic (exact) mass is 340 g/mol. The van der Waals surface area contributed by atoms with Crippen molar-refractivity contribution in [2.75, 3.05) is 11.9 Å². The fourth-order valence-corrected chi connectivity index (χ4v) is 1.93. The van der Waals surface area contributed by atoms with Crippen LogP contribution in [0.4, 0.5) is 18.9 Å². The van der Waals surface area contributed by atoms with Crippen molar-refractivity contribution in [2.24, 2.45) is 0 Å². The zero-order valence-electron chi connectivity index (χ0n) is 12.7. The Labute approximate surface area is 135 Å². The topological polar surface area (TPSA) is 71.2 Å². The minimum atomic E-state index is -4.40. The number of carbonyl (C=O) groups is 1. The minimum absolute atomic E-state index is 0.0394. The van der Waals surface area contributed by atoms with E-state index in [0.29, 0.717) is 16.8 Å². The molecule has 0 aliphatic rings. The summed E-state index contributed by atoms with van der Waals surface area (Å²) in [6, 6.07) is 7.33. The van der Waals surface area contributed by atoms with Gasteiger partial charge in [0.25, 0.3) is 5.56 Å². The van der Waals surface area contributed by atoms with Gasteiger partial charge in [0.2, 0.25) is 5.91 Å². The molecule has 1 aromatic carbocycles. The quantitative estimate of drug-likeness (QED) is 0.879. The molecular weight excluding hydrogens is 325 g/mol. The molecule has 0 atom stereocenters. The molecule has 8 heteroatoms. The molecule has 0 bridgehead atoms. The van der Waals surface area contributed by atoms with Crippen LogP contribution in [0.15, 0.2) is 41.3 Å². The number of halogens is 3. The van der Waals surface area contributed by atoms with Gasteiger partial charge in [-0.1, -0.05) is 12.1 Å². The Morgan fingerprint density at radius 1 is 1.25 bits per heavy atom. The molecule has 0 aliphatic carbocycles. The summed E-state index contributed by atoms with van der Waals surface area (Å²) < 4.78 is 40.7. The van der Waals surface area contributed by atoms with Crippen molar-refractivity contribution in [3.8, 4) is 5.75 Å². The van der Waals surface area contributed by atoms with Crippen molar-refractivity contribution in [1.82, 2.24) is 4.98 Å². The van der Waals surface area contributed by atoms with Crippen molar-refractivity contribution in [3.63, 3.8) is 0 Å². The smallest absolute Gasteiger partial charge is 0.422 e. The molecule has 0 fully saturated rings. The molecule has 0 saturated carbocycles. The zero-order chi connectivity index (χ0) is 17.7.